The molecule has 0 aromatic carbocycles. The Morgan fingerprint density at radius 2 is 2.29 bits per heavy atom. The lowest BCUT2D eigenvalue weighted by atomic mass is 10.2. The van der Waals surface area contributed by atoms with E-state index in [2.05, 4.69) is 24.5 Å². The van der Waals surface area contributed by atoms with E-state index in [4.69, 9.17) is 11.6 Å². The molecule has 1 aromatic rings. The Labute approximate surface area is 93.3 Å². The molecule has 1 amide bonds. The zero-order valence-corrected chi connectivity index (χ0v) is 10.1. The van der Waals surface area contributed by atoms with Crippen LogP contribution in [-0.4, -0.2) is 11.3 Å². The van der Waals surface area contributed by atoms with Crippen molar-refractivity contribution in [2.24, 2.45) is 0 Å². The summed E-state index contributed by atoms with van der Waals surface area (Å²) in [6.45, 7) is 6.39. The van der Waals surface area contributed by atoms with E-state index in [1.165, 1.54) is 16.0 Å². The van der Waals surface area contributed by atoms with Gasteiger partial charge in [0.05, 0.1) is 0 Å². The van der Waals surface area contributed by atoms with Crippen LogP contribution < -0.4 is 5.32 Å². The molecule has 0 fully saturated rings. The van der Waals surface area contributed by atoms with E-state index < -0.39 is 5.38 Å². The van der Waals surface area contributed by atoms with Crippen LogP contribution in [0.4, 0.5) is 0 Å². The SMILES string of the molecule is Cc1scc(CNC(=O)C(C)Cl)c1C. The molecule has 1 rings (SSSR count). The smallest absolute Gasteiger partial charge is 0.238 e. The van der Waals surface area contributed by atoms with Gasteiger partial charge in [0.2, 0.25) is 5.91 Å². The zero-order chi connectivity index (χ0) is 10.7. The number of alkyl halides is 1. The van der Waals surface area contributed by atoms with Gasteiger partial charge in [-0.05, 0) is 37.3 Å². The van der Waals surface area contributed by atoms with Gasteiger partial charge in [-0.2, -0.15) is 0 Å². The van der Waals surface area contributed by atoms with E-state index in [1.807, 2.05) is 0 Å². The number of hydrogen-bond acceptors (Lipinski definition) is 2. The molecule has 0 spiro atoms. The molecule has 14 heavy (non-hydrogen) atoms. The molecule has 0 saturated heterocycles. The van der Waals surface area contributed by atoms with Crippen molar-refractivity contribution in [2.75, 3.05) is 0 Å². The highest BCUT2D eigenvalue weighted by atomic mass is 35.5. The summed E-state index contributed by atoms with van der Waals surface area (Å²) in [5.74, 6) is -0.116. The molecule has 1 heterocycles. The van der Waals surface area contributed by atoms with Crippen LogP contribution in [-0.2, 0) is 11.3 Å². The second kappa shape index (κ2) is 4.80. The molecule has 2 nitrogen and oxygen atoms in total. The Morgan fingerprint density at radius 3 is 2.71 bits per heavy atom. The van der Waals surface area contributed by atoms with Gasteiger partial charge >= 0.3 is 0 Å². The van der Waals surface area contributed by atoms with Gasteiger partial charge in [-0.1, -0.05) is 0 Å². The molecule has 0 aliphatic rings. The summed E-state index contributed by atoms with van der Waals surface area (Å²) in [5, 5.41) is 4.40. The number of thiophene rings is 1. The number of amides is 1. The third kappa shape index (κ3) is 2.72. The predicted octanol–water partition coefficient (Wildman–Crippen LogP) is 2.61. The number of nitrogens with one attached hydrogen (secondary N) is 1. The Balaban J connectivity index is 2.54. The van der Waals surface area contributed by atoms with Crippen molar-refractivity contribution in [2.45, 2.75) is 32.7 Å². The fraction of sp³-hybridized carbons (Fsp3) is 0.500. The minimum Gasteiger partial charge on any atom is -0.351 e. The van der Waals surface area contributed by atoms with E-state index >= 15 is 0 Å². The monoisotopic (exact) mass is 231 g/mol. The first-order valence-corrected chi connectivity index (χ1v) is 5.79. The van der Waals surface area contributed by atoms with Crippen molar-refractivity contribution in [3.8, 4) is 0 Å². The van der Waals surface area contributed by atoms with Crippen molar-refractivity contribution in [3.05, 3.63) is 21.4 Å². The predicted molar refractivity (Wildman–Crippen MR) is 61.0 cm³/mol. The Kier molecular flexibility index (Phi) is 3.96. The lowest BCUT2D eigenvalue weighted by Gasteiger charge is -2.05. The van der Waals surface area contributed by atoms with Crippen LogP contribution in [0.5, 0.6) is 0 Å². The lowest BCUT2D eigenvalue weighted by Crippen LogP contribution is -2.29. The van der Waals surface area contributed by atoms with Gasteiger partial charge in [-0.25, -0.2) is 0 Å². The van der Waals surface area contributed by atoms with Gasteiger partial charge < -0.3 is 5.32 Å². The molecule has 1 aromatic heterocycles. The Hall–Kier alpha value is -0.540. The van der Waals surface area contributed by atoms with E-state index in [0.29, 0.717) is 6.54 Å². The number of rotatable bonds is 3. The summed E-state index contributed by atoms with van der Waals surface area (Å²) < 4.78 is 0. The van der Waals surface area contributed by atoms with Crippen LogP contribution in [0.25, 0.3) is 0 Å². The number of carbonyl (C=O) groups is 1. The highest BCUT2D eigenvalue weighted by Crippen LogP contribution is 2.20. The van der Waals surface area contributed by atoms with Gasteiger partial charge in [-0.15, -0.1) is 22.9 Å². The van der Waals surface area contributed by atoms with Crippen molar-refractivity contribution in [3.63, 3.8) is 0 Å². The van der Waals surface area contributed by atoms with Crippen LogP contribution in [0.2, 0.25) is 0 Å². The summed E-state index contributed by atoms with van der Waals surface area (Å²) in [5.41, 5.74) is 2.44. The summed E-state index contributed by atoms with van der Waals surface area (Å²) in [4.78, 5) is 12.5. The molecular formula is C10H14ClNOS. The first-order chi connectivity index (χ1) is 6.52. The maximum atomic E-state index is 11.2. The number of hydrogen-bond donors (Lipinski definition) is 1. The van der Waals surface area contributed by atoms with Crippen LogP contribution in [0.1, 0.15) is 22.9 Å². The van der Waals surface area contributed by atoms with Crippen molar-refractivity contribution in [1.29, 1.82) is 0 Å². The summed E-state index contributed by atoms with van der Waals surface area (Å²) >= 11 is 7.34. The highest BCUT2D eigenvalue weighted by Gasteiger charge is 2.09. The number of aryl methyl sites for hydroxylation is 1. The average Bonchev–Trinajstić information content (AvgIpc) is 2.44. The molecule has 1 atom stereocenters. The van der Waals surface area contributed by atoms with Crippen molar-refractivity contribution >= 4 is 28.8 Å². The Bertz CT molecular complexity index is 333. The quantitative estimate of drug-likeness (QED) is 0.797. The van der Waals surface area contributed by atoms with Gasteiger partial charge in [0.25, 0.3) is 0 Å². The van der Waals surface area contributed by atoms with Gasteiger partial charge in [-0.3, -0.25) is 4.79 Å². The average molecular weight is 232 g/mol. The first kappa shape index (κ1) is 11.5. The summed E-state index contributed by atoms with van der Waals surface area (Å²) in [6, 6.07) is 0. The summed E-state index contributed by atoms with van der Waals surface area (Å²) in [6.07, 6.45) is 0. The number of carbonyl (C=O) groups excluding carboxylic acids is 1. The standard InChI is InChI=1S/C10H14ClNOS/c1-6-8(3)14-5-9(6)4-12-10(13)7(2)11/h5,7H,4H2,1-3H3,(H,12,13). The molecular weight excluding hydrogens is 218 g/mol. The molecule has 4 heteroatoms. The molecule has 0 aliphatic carbocycles. The molecule has 0 bridgehead atoms. The minimum absolute atomic E-state index is 0.116. The normalized spacial score (nSPS) is 12.6. The third-order valence-corrected chi connectivity index (χ3v) is 3.46. The maximum Gasteiger partial charge on any atom is 0.238 e. The fourth-order valence-corrected chi connectivity index (χ4v) is 2.02. The van der Waals surface area contributed by atoms with Crippen molar-refractivity contribution < 1.29 is 4.79 Å². The summed E-state index contributed by atoms with van der Waals surface area (Å²) in [7, 11) is 0. The van der Waals surface area contributed by atoms with Gasteiger partial charge in [0.15, 0.2) is 0 Å². The second-order valence-electron chi connectivity index (χ2n) is 3.28. The first-order valence-electron chi connectivity index (χ1n) is 4.47. The molecule has 78 valence electrons. The third-order valence-electron chi connectivity index (χ3n) is 2.20. The molecule has 1 N–H and O–H groups in total. The van der Waals surface area contributed by atoms with Gasteiger partial charge in [0.1, 0.15) is 5.38 Å². The lowest BCUT2D eigenvalue weighted by molar-refractivity contribution is -0.120. The maximum absolute atomic E-state index is 11.2. The van der Waals surface area contributed by atoms with Crippen LogP contribution in [0.3, 0.4) is 0 Å². The highest BCUT2D eigenvalue weighted by molar-refractivity contribution is 7.10. The van der Waals surface area contributed by atoms with Crippen LogP contribution in [0, 0.1) is 13.8 Å². The minimum atomic E-state index is -0.463. The molecule has 0 radical (unpaired) electrons. The molecule has 0 aliphatic heterocycles. The molecule has 0 saturated carbocycles. The van der Waals surface area contributed by atoms with Crippen LogP contribution >= 0.6 is 22.9 Å². The van der Waals surface area contributed by atoms with E-state index in [-0.39, 0.29) is 5.91 Å². The van der Waals surface area contributed by atoms with E-state index in [1.54, 1.807) is 18.3 Å². The topological polar surface area (TPSA) is 29.1 Å². The number of halogens is 1. The Morgan fingerprint density at radius 1 is 1.64 bits per heavy atom. The second-order valence-corrected chi connectivity index (χ2v) is 5.01. The van der Waals surface area contributed by atoms with Crippen LogP contribution in [0.15, 0.2) is 5.38 Å². The zero-order valence-electron chi connectivity index (χ0n) is 8.56. The fourth-order valence-electron chi connectivity index (χ4n) is 1.06. The molecule has 1 unspecified atom stereocenters. The largest absolute Gasteiger partial charge is 0.351 e. The van der Waals surface area contributed by atoms with E-state index in [0.717, 1.165) is 0 Å². The van der Waals surface area contributed by atoms with E-state index in [9.17, 15) is 4.79 Å². The van der Waals surface area contributed by atoms with Gasteiger partial charge in [0, 0.05) is 11.4 Å². The van der Waals surface area contributed by atoms with Crippen molar-refractivity contribution in [1.82, 2.24) is 5.32 Å².